The van der Waals surface area contributed by atoms with Gasteiger partial charge in [-0.25, -0.2) is 0 Å². The molecule has 0 unspecified atom stereocenters. The average Bonchev–Trinajstić information content (AvgIpc) is 2.70. The number of hydrogen-bond acceptors (Lipinski definition) is 6. The summed E-state index contributed by atoms with van der Waals surface area (Å²) in [6.07, 6.45) is 1.03. The van der Waals surface area contributed by atoms with E-state index in [1.807, 2.05) is 26.0 Å². The van der Waals surface area contributed by atoms with E-state index in [4.69, 9.17) is 28.4 Å². The Balaban J connectivity index is 2.16. The third-order valence-electron chi connectivity index (χ3n) is 4.44. The van der Waals surface area contributed by atoms with Crippen molar-refractivity contribution in [2.75, 3.05) is 93.8 Å². The minimum atomic E-state index is 0.507. The molecule has 31 heavy (non-hydrogen) atoms. The summed E-state index contributed by atoms with van der Waals surface area (Å²) < 4.78 is 34.7. The summed E-state index contributed by atoms with van der Waals surface area (Å²) in [4.78, 5) is 0. The Labute approximate surface area is 189 Å². The molecule has 0 fully saturated rings. The zero-order valence-corrected chi connectivity index (χ0v) is 20.5. The molecule has 7 nitrogen and oxygen atoms in total. The SMILES string of the molecule is CCCOCCOCCOc1cc(C)c(OCCOCCOCC[N+](C)(C)C)cc1C. The minimum absolute atomic E-state index is 0.507. The summed E-state index contributed by atoms with van der Waals surface area (Å²) in [6.45, 7) is 13.2. The predicted molar refractivity (Wildman–Crippen MR) is 123 cm³/mol. The van der Waals surface area contributed by atoms with E-state index >= 15 is 0 Å². The fraction of sp³-hybridized carbons (Fsp3) is 0.750. The number of nitrogens with zero attached hydrogens (tertiary/aromatic N) is 1. The lowest BCUT2D eigenvalue weighted by molar-refractivity contribution is -0.870. The Bertz CT molecular complexity index is 588. The molecule has 0 saturated heterocycles. The monoisotopic (exact) mass is 442 g/mol. The molecular weight excluding hydrogens is 398 g/mol. The maximum atomic E-state index is 5.87. The van der Waals surface area contributed by atoms with Crippen LogP contribution in [0.1, 0.15) is 24.5 Å². The van der Waals surface area contributed by atoms with Crippen molar-refractivity contribution in [1.82, 2.24) is 0 Å². The van der Waals surface area contributed by atoms with Crippen molar-refractivity contribution in [1.29, 1.82) is 0 Å². The van der Waals surface area contributed by atoms with Crippen molar-refractivity contribution in [3.8, 4) is 11.5 Å². The minimum Gasteiger partial charge on any atom is -0.491 e. The highest BCUT2D eigenvalue weighted by Gasteiger charge is 2.08. The quantitative estimate of drug-likeness (QED) is 0.242. The number of benzene rings is 1. The Morgan fingerprint density at radius 1 is 0.581 bits per heavy atom. The van der Waals surface area contributed by atoms with Gasteiger partial charge in [-0.05, 0) is 43.5 Å². The largest absolute Gasteiger partial charge is 0.491 e. The zero-order chi connectivity index (χ0) is 23.0. The average molecular weight is 443 g/mol. The molecule has 0 radical (unpaired) electrons. The molecule has 0 aliphatic rings. The summed E-state index contributed by atoms with van der Waals surface area (Å²) >= 11 is 0. The van der Waals surface area contributed by atoms with Crippen molar-refractivity contribution in [2.24, 2.45) is 0 Å². The lowest BCUT2D eigenvalue weighted by Gasteiger charge is -2.23. The summed E-state index contributed by atoms with van der Waals surface area (Å²) in [6, 6.07) is 4.02. The van der Waals surface area contributed by atoms with Gasteiger partial charge in [0.2, 0.25) is 0 Å². The van der Waals surface area contributed by atoms with E-state index in [2.05, 4.69) is 28.1 Å². The summed E-state index contributed by atoms with van der Waals surface area (Å²) in [5, 5.41) is 0. The standard InChI is InChI=1S/C24H44NO6/c1-7-9-26-11-13-28-15-17-30-23-19-22(3)24(20-21(23)2)31-18-16-29-14-12-27-10-8-25(4,5)6/h19-20H,7-18H2,1-6H3/q+1. The molecule has 0 atom stereocenters. The maximum absolute atomic E-state index is 5.87. The van der Waals surface area contributed by atoms with Gasteiger partial charge in [-0.3, -0.25) is 0 Å². The molecule has 0 aliphatic heterocycles. The first-order chi connectivity index (χ1) is 14.8. The van der Waals surface area contributed by atoms with Crippen molar-refractivity contribution in [3.63, 3.8) is 0 Å². The molecule has 0 N–H and O–H groups in total. The Hall–Kier alpha value is -1.38. The second-order valence-corrected chi connectivity index (χ2v) is 8.54. The molecule has 7 heteroatoms. The van der Waals surface area contributed by atoms with Crippen LogP contribution < -0.4 is 9.47 Å². The van der Waals surface area contributed by atoms with E-state index in [1.165, 1.54) is 0 Å². The summed E-state index contributed by atoms with van der Waals surface area (Å²) in [7, 11) is 6.46. The summed E-state index contributed by atoms with van der Waals surface area (Å²) in [5.74, 6) is 1.72. The van der Waals surface area contributed by atoms with Crippen LogP contribution in [0.3, 0.4) is 0 Å². The first kappa shape index (κ1) is 27.7. The lowest BCUT2D eigenvalue weighted by atomic mass is 10.1. The molecule has 0 bridgehead atoms. The van der Waals surface area contributed by atoms with Crippen LogP contribution in [-0.2, 0) is 18.9 Å². The highest BCUT2D eigenvalue weighted by atomic mass is 16.5. The third kappa shape index (κ3) is 14.3. The molecule has 0 spiro atoms. The number of rotatable bonds is 19. The van der Waals surface area contributed by atoms with Gasteiger partial charge in [-0.2, -0.15) is 0 Å². The fourth-order valence-corrected chi connectivity index (χ4v) is 2.62. The molecule has 1 aromatic carbocycles. The number of hydrogen-bond donors (Lipinski definition) is 0. The van der Waals surface area contributed by atoms with Crippen LogP contribution in [0.2, 0.25) is 0 Å². The van der Waals surface area contributed by atoms with Gasteiger partial charge in [0, 0.05) is 6.61 Å². The zero-order valence-electron chi connectivity index (χ0n) is 20.5. The van der Waals surface area contributed by atoms with E-state index in [0.717, 1.165) is 53.3 Å². The number of aryl methyl sites for hydroxylation is 2. The van der Waals surface area contributed by atoms with Gasteiger partial charge in [0.25, 0.3) is 0 Å². The number of quaternary nitrogens is 1. The van der Waals surface area contributed by atoms with Crippen molar-refractivity contribution < 1.29 is 32.9 Å². The second kappa shape index (κ2) is 16.3. The van der Waals surface area contributed by atoms with Crippen LogP contribution in [0.4, 0.5) is 0 Å². The first-order valence-electron chi connectivity index (χ1n) is 11.3. The van der Waals surface area contributed by atoms with Crippen molar-refractivity contribution in [3.05, 3.63) is 23.3 Å². The van der Waals surface area contributed by atoms with E-state index in [0.29, 0.717) is 52.9 Å². The molecule has 0 amide bonds. The molecule has 1 aromatic rings. The first-order valence-corrected chi connectivity index (χ1v) is 11.3. The molecule has 0 heterocycles. The van der Waals surface area contributed by atoms with Gasteiger partial charge >= 0.3 is 0 Å². The Morgan fingerprint density at radius 3 is 1.39 bits per heavy atom. The molecule has 1 rings (SSSR count). The van der Waals surface area contributed by atoms with Gasteiger partial charge < -0.3 is 32.9 Å². The fourth-order valence-electron chi connectivity index (χ4n) is 2.62. The van der Waals surface area contributed by atoms with Crippen molar-refractivity contribution in [2.45, 2.75) is 27.2 Å². The van der Waals surface area contributed by atoms with Crippen LogP contribution in [0.15, 0.2) is 12.1 Å². The topological polar surface area (TPSA) is 55.4 Å². The van der Waals surface area contributed by atoms with Crippen molar-refractivity contribution >= 4 is 0 Å². The molecule has 0 aromatic heterocycles. The van der Waals surface area contributed by atoms with E-state index in [1.54, 1.807) is 0 Å². The van der Waals surface area contributed by atoms with Gasteiger partial charge in [0.05, 0.1) is 67.4 Å². The number of likely N-dealkylation sites (N-methyl/N-ethyl adjacent to an activating group) is 1. The van der Waals surface area contributed by atoms with Crippen LogP contribution in [0.5, 0.6) is 11.5 Å². The van der Waals surface area contributed by atoms with Gasteiger partial charge in [0.15, 0.2) is 0 Å². The number of ether oxygens (including phenoxy) is 6. The van der Waals surface area contributed by atoms with E-state index in [-0.39, 0.29) is 0 Å². The second-order valence-electron chi connectivity index (χ2n) is 8.54. The smallest absolute Gasteiger partial charge is 0.122 e. The Morgan fingerprint density at radius 2 is 0.968 bits per heavy atom. The maximum Gasteiger partial charge on any atom is 0.122 e. The molecule has 180 valence electrons. The third-order valence-corrected chi connectivity index (χ3v) is 4.44. The van der Waals surface area contributed by atoms with Crippen LogP contribution >= 0.6 is 0 Å². The van der Waals surface area contributed by atoms with Crippen LogP contribution in [-0.4, -0.2) is 98.2 Å². The van der Waals surface area contributed by atoms with E-state index < -0.39 is 0 Å². The van der Waals surface area contributed by atoms with Gasteiger partial charge in [-0.15, -0.1) is 0 Å². The lowest BCUT2D eigenvalue weighted by Crippen LogP contribution is -2.37. The molecule has 0 aliphatic carbocycles. The molecule has 0 saturated carbocycles. The normalized spacial score (nSPS) is 11.7. The van der Waals surface area contributed by atoms with Crippen LogP contribution in [0, 0.1) is 13.8 Å². The predicted octanol–water partition coefficient (Wildman–Crippen LogP) is 3.24. The van der Waals surface area contributed by atoms with Gasteiger partial charge in [0.1, 0.15) is 31.3 Å². The summed E-state index contributed by atoms with van der Waals surface area (Å²) in [5.41, 5.74) is 2.08. The Kier molecular flexibility index (Phi) is 14.5. The highest BCUT2D eigenvalue weighted by molar-refractivity contribution is 5.45. The van der Waals surface area contributed by atoms with E-state index in [9.17, 15) is 0 Å². The highest BCUT2D eigenvalue weighted by Crippen LogP contribution is 2.28. The molecular formula is C24H44NO6+. The van der Waals surface area contributed by atoms with Crippen LogP contribution in [0.25, 0.3) is 0 Å². The van der Waals surface area contributed by atoms with Gasteiger partial charge in [-0.1, -0.05) is 6.92 Å².